The van der Waals surface area contributed by atoms with Crippen LogP contribution in [0.1, 0.15) is 21.7 Å². The van der Waals surface area contributed by atoms with Gasteiger partial charge in [-0.3, -0.25) is 14.2 Å². The van der Waals surface area contributed by atoms with Gasteiger partial charge in [0.25, 0.3) is 5.91 Å². The SMILES string of the molecule is Cn1cc(-c2nn(C)c3c2CCN(C(=O)c2csnn2)CC3)cn1. The van der Waals surface area contributed by atoms with E-state index in [0.29, 0.717) is 18.8 Å². The molecule has 0 atom stereocenters. The molecule has 0 spiro atoms. The molecule has 0 aromatic carbocycles. The van der Waals surface area contributed by atoms with Crippen LogP contribution in [0, 0.1) is 0 Å². The second-order valence-corrected chi connectivity index (χ2v) is 6.49. The number of amides is 1. The van der Waals surface area contributed by atoms with Crippen LogP contribution in [0.3, 0.4) is 0 Å². The zero-order chi connectivity index (χ0) is 16.7. The van der Waals surface area contributed by atoms with E-state index >= 15 is 0 Å². The van der Waals surface area contributed by atoms with Crippen LogP contribution in [-0.2, 0) is 26.9 Å². The van der Waals surface area contributed by atoms with E-state index in [4.69, 9.17) is 0 Å². The van der Waals surface area contributed by atoms with E-state index in [9.17, 15) is 4.79 Å². The van der Waals surface area contributed by atoms with Gasteiger partial charge in [0.2, 0.25) is 0 Å². The average molecular weight is 343 g/mol. The Morgan fingerprint density at radius 2 is 2.08 bits per heavy atom. The third-order valence-corrected chi connectivity index (χ3v) is 4.87. The zero-order valence-corrected chi connectivity index (χ0v) is 14.3. The number of rotatable bonds is 2. The Labute approximate surface area is 142 Å². The van der Waals surface area contributed by atoms with Crippen LogP contribution in [0.4, 0.5) is 0 Å². The summed E-state index contributed by atoms with van der Waals surface area (Å²) in [6, 6.07) is 0. The van der Waals surface area contributed by atoms with Crippen LogP contribution < -0.4 is 0 Å². The average Bonchev–Trinajstić information content (AvgIpc) is 3.26. The predicted molar refractivity (Wildman–Crippen MR) is 88.6 cm³/mol. The lowest BCUT2D eigenvalue weighted by atomic mass is 10.1. The first kappa shape index (κ1) is 15.0. The summed E-state index contributed by atoms with van der Waals surface area (Å²) in [4.78, 5) is 14.4. The van der Waals surface area contributed by atoms with Gasteiger partial charge in [-0.1, -0.05) is 4.49 Å². The smallest absolute Gasteiger partial charge is 0.275 e. The molecule has 0 fully saturated rings. The first-order chi connectivity index (χ1) is 11.6. The molecule has 4 rings (SSSR count). The van der Waals surface area contributed by atoms with E-state index in [1.54, 1.807) is 10.1 Å². The van der Waals surface area contributed by atoms with Crippen molar-refractivity contribution in [1.82, 2.24) is 34.0 Å². The van der Waals surface area contributed by atoms with Crippen molar-refractivity contribution in [2.75, 3.05) is 13.1 Å². The highest BCUT2D eigenvalue weighted by atomic mass is 32.1. The lowest BCUT2D eigenvalue weighted by Gasteiger charge is -2.18. The summed E-state index contributed by atoms with van der Waals surface area (Å²) in [6.07, 6.45) is 5.36. The Kier molecular flexibility index (Phi) is 3.64. The summed E-state index contributed by atoms with van der Waals surface area (Å²) in [5.74, 6) is -0.0487. The van der Waals surface area contributed by atoms with Crippen LogP contribution >= 0.6 is 11.5 Å². The second-order valence-electron chi connectivity index (χ2n) is 5.88. The van der Waals surface area contributed by atoms with Gasteiger partial charge in [0, 0.05) is 62.0 Å². The Hall–Kier alpha value is -2.55. The Morgan fingerprint density at radius 1 is 1.25 bits per heavy atom. The minimum Gasteiger partial charge on any atom is -0.337 e. The van der Waals surface area contributed by atoms with Gasteiger partial charge in [0.15, 0.2) is 5.69 Å². The fourth-order valence-electron chi connectivity index (χ4n) is 3.18. The van der Waals surface area contributed by atoms with Gasteiger partial charge in [-0.15, -0.1) is 5.10 Å². The van der Waals surface area contributed by atoms with Gasteiger partial charge < -0.3 is 4.90 Å². The van der Waals surface area contributed by atoms with Gasteiger partial charge >= 0.3 is 0 Å². The summed E-state index contributed by atoms with van der Waals surface area (Å²) in [6.45, 7) is 1.32. The second kappa shape index (κ2) is 5.82. The molecule has 3 aromatic rings. The molecule has 0 N–H and O–H groups in total. The number of hydrogen-bond acceptors (Lipinski definition) is 6. The molecule has 124 valence electrons. The third kappa shape index (κ3) is 2.50. The topological polar surface area (TPSA) is 81.7 Å². The number of carbonyl (C=O) groups is 1. The quantitative estimate of drug-likeness (QED) is 0.691. The van der Waals surface area contributed by atoms with Crippen molar-refractivity contribution in [2.24, 2.45) is 14.1 Å². The van der Waals surface area contributed by atoms with E-state index in [1.165, 1.54) is 22.8 Å². The van der Waals surface area contributed by atoms with Crippen molar-refractivity contribution in [3.63, 3.8) is 0 Å². The van der Waals surface area contributed by atoms with Crippen LogP contribution in [-0.4, -0.2) is 53.0 Å². The molecule has 9 heteroatoms. The van der Waals surface area contributed by atoms with Crippen molar-refractivity contribution in [3.05, 3.63) is 34.7 Å². The molecule has 1 aliphatic rings. The maximum Gasteiger partial charge on any atom is 0.275 e. The van der Waals surface area contributed by atoms with Crippen molar-refractivity contribution < 1.29 is 4.79 Å². The summed E-state index contributed by atoms with van der Waals surface area (Å²) < 4.78 is 7.48. The molecule has 0 aliphatic carbocycles. The van der Waals surface area contributed by atoms with Crippen LogP contribution in [0.2, 0.25) is 0 Å². The van der Waals surface area contributed by atoms with Crippen LogP contribution in [0.25, 0.3) is 11.3 Å². The van der Waals surface area contributed by atoms with Gasteiger partial charge in [0.1, 0.15) is 0 Å². The van der Waals surface area contributed by atoms with E-state index < -0.39 is 0 Å². The minimum absolute atomic E-state index is 0.0487. The lowest BCUT2D eigenvalue weighted by Crippen LogP contribution is -2.33. The number of carbonyl (C=O) groups excluding carboxylic acids is 1. The molecule has 1 amide bonds. The number of aryl methyl sites for hydroxylation is 2. The number of fused-ring (bicyclic) bond motifs is 1. The van der Waals surface area contributed by atoms with Gasteiger partial charge in [0.05, 0.1) is 11.9 Å². The summed E-state index contributed by atoms with van der Waals surface area (Å²) in [5.41, 5.74) is 4.79. The standard InChI is InChI=1S/C15H17N7OS/c1-20-8-10(7-16-20)14-11-3-5-22(6-4-13(11)21(2)18-14)15(23)12-9-24-19-17-12/h7-9H,3-6H2,1-2H3. The largest absolute Gasteiger partial charge is 0.337 e. The Balaban J connectivity index is 1.62. The molecule has 8 nitrogen and oxygen atoms in total. The van der Waals surface area contributed by atoms with E-state index in [2.05, 4.69) is 19.8 Å². The fraction of sp³-hybridized carbons (Fsp3) is 0.400. The molecule has 1 aliphatic heterocycles. The van der Waals surface area contributed by atoms with Crippen LogP contribution in [0.5, 0.6) is 0 Å². The van der Waals surface area contributed by atoms with Crippen molar-refractivity contribution in [2.45, 2.75) is 12.8 Å². The minimum atomic E-state index is -0.0487. The van der Waals surface area contributed by atoms with Gasteiger partial charge in [-0.05, 0) is 18.0 Å². The molecular weight excluding hydrogens is 326 g/mol. The monoisotopic (exact) mass is 343 g/mol. The molecule has 0 saturated carbocycles. The highest BCUT2D eigenvalue weighted by Crippen LogP contribution is 2.28. The molecule has 0 unspecified atom stereocenters. The van der Waals surface area contributed by atoms with E-state index in [1.807, 2.05) is 36.1 Å². The first-order valence-corrected chi connectivity index (χ1v) is 8.57. The third-order valence-electron chi connectivity index (χ3n) is 4.37. The van der Waals surface area contributed by atoms with E-state index in [0.717, 1.165) is 24.1 Å². The maximum atomic E-state index is 12.5. The molecular formula is C15H17N7OS. The number of hydrogen-bond donors (Lipinski definition) is 0. The zero-order valence-electron chi connectivity index (χ0n) is 13.5. The summed E-state index contributed by atoms with van der Waals surface area (Å²) in [5, 5.41) is 14.5. The normalized spacial score (nSPS) is 14.5. The molecule has 24 heavy (non-hydrogen) atoms. The van der Waals surface area contributed by atoms with Gasteiger partial charge in [-0.25, -0.2) is 0 Å². The summed E-state index contributed by atoms with van der Waals surface area (Å²) >= 11 is 1.20. The molecule has 0 saturated heterocycles. The first-order valence-electron chi connectivity index (χ1n) is 7.73. The molecule has 3 aromatic heterocycles. The van der Waals surface area contributed by atoms with Crippen molar-refractivity contribution in [3.8, 4) is 11.3 Å². The Bertz CT molecular complexity index is 880. The summed E-state index contributed by atoms with van der Waals surface area (Å²) in [7, 11) is 3.86. The number of nitrogens with zero attached hydrogens (tertiary/aromatic N) is 7. The van der Waals surface area contributed by atoms with Crippen molar-refractivity contribution >= 4 is 17.4 Å². The highest BCUT2D eigenvalue weighted by Gasteiger charge is 2.26. The van der Waals surface area contributed by atoms with Crippen molar-refractivity contribution in [1.29, 1.82) is 0 Å². The molecule has 0 radical (unpaired) electrons. The van der Waals surface area contributed by atoms with Crippen LogP contribution in [0.15, 0.2) is 17.8 Å². The molecule has 0 bridgehead atoms. The maximum absolute atomic E-state index is 12.5. The van der Waals surface area contributed by atoms with Gasteiger partial charge in [-0.2, -0.15) is 10.2 Å². The van der Waals surface area contributed by atoms with E-state index in [-0.39, 0.29) is 5.91 Å². The fourth-order valence-corrected chi connectivity index (χ4v) is 3.61. The Morgan fingerprint density at radius 3 is 2.79 bits per heavy atom. The number of aromatic nitrogens is 6. The molecule has 4 heterocycles. The predicted octanol–water partition coefficient (Wildman–Crippen LogP) is 0.913. The highest BCUT2D eigenvalue weighted by molar-refractivity contribution is 7.03. The lowest BCUT2D eigenvalue weighted by molar-refractivity contribution is 0.0756.